The number of hydrogen-bond donors (Lipinski definition) is 3. The molecule has 0 spiro atoms. The topological polar surface area (TPSA) is 133 Å². The Balaban J connectivity index is 1.99. The first-order chi connectivity index (χ1) is 13.8. The minimum atomic E-state index is -4.13. The van der Waals surface area contributed by atoms with Crippen LogP contribution in [0.3, 0.4) is 0 Å². The molecule has 4 aromatic rings. The van der Waals surface area contributed by atoms with E-state index in [1.807, 2.05) is 0 Å². The van der Waals surface area contributed by atoms with Gasteiger partial charge in [-0.2, -0.15) is 8.42 Å². The average Bonchev–Trinajstić information content (AvgIpc) is 3.15. The Hall–Kier alpha value is -3.63. The number of para-hydroxylation sites is 1. The van der Waals surface area contributed by atoms with Crippen molar-refractivity contribution in [2.45, 2.75) is 4.90 Å². The van der Waals surface area contributed by atoms with Gasteiger partial charge in [-0.25, -0.2) is 4.79 Å². The second kappa shape index (κ2) is 6.76. The summed E-state index contributed by atoms with van der Waals surface area (Å²) in [5.41, 5.74) is 0.0358. The van der Waals surface area contributed by atoms with Gasteiger partial charge in [0.2, 0.25) is 0 Å². The van der Waals surface area contributed by atoms with Crippen LogP contribution < -0.4 is 10.0 Å². The first kappa shape index (κ1) is 18.7. The van der Waals surface area contributed by atoms with Crippen LogP contribution in [0.2, 0.25) is 0 Å². The third-order valence-electron chi connectivity index (χ3n) is 4.50. The Bertz CT molecular complexity index is 1410. The molecule has 2 heterocycles. The maximum absolute atomic E-state index is 13.2. The number of carboxylic acid groups (broad SMARTS) is 1. The van der Waals surface area contributed by atoms with Gasteiger partial charge in [0.05, 0.1) is 23.3 Å². The molecule has 0 fully saturated rings. The molecule has 4 rings (SSSR count). The number of pyridine rings is 1. The molecule has 0 bridgehead atoms. The van der Waals surface area contributed by atoms with E-state index in [-0.39, 0.29) is 26.7 Å². The molecule has 29 heavy (non-hydrogen) atoms. The molecule has 2 aromatic heterocycles. The fourth-order valence-electron chi connectivity index (χ4n) is 3.22. The molecule has 0 unspecified atom stereocenters. The number of carboxylic acids is 1. The molecule has 2 aromatic carbocycles. The maximum Gasteiger partial charge on any atom is 0.337 e. The molecule has 0 atom stereocenters. The first-order valence-electron chi connectivity index (χ1n) is 8.39. The number of nitrogens with one attached hydrogen (secondary N) is 2. The van der Waals surface area contributed by atoms with E-state index in [1.165, 1.54) is 31.5 Å². The number of rotatable bonds is 5. The Morgan fingerprint density at radius 1 is 1.14 bits per heavy atom. The van der Waals surface area contributed by atoms with E-state index in [4.69, 9.17) is 4.84 Å². The van der Waals surface area contributed by atoms with Crippen LogP contribution in [0.5, 0.6) is 0 Å². The predicted molar refractivity (Wildman–Crippen MR) is 107 cm³/mol. The summed E-state index contributed by atoms with van der Waals surface area (Å²) in [5.74, 6) is -1.24. The Labute approximate surface area is 164 Å². The Morgan fingerprint density at radius 2 is 1.86 bits per heavy atom. The zero-order valence-electron chi connectivity index (χ0n) is 15.0. The average molecular weight is 413 g/mol. The number of aromatic amines is 2. The number of nitrogens with zero attached hydrogens (tertiary/aromatic N) is 1. The van der Waals surface area contributed by atoms with Gasteiger partial charge in [0.1, 0.15) is 5.52 Å². The van der Waals surface area contributed by atoms with Crippen LogP contribution in [0.4, 0.5) is 5.69 Å². The van der Waals surface area contributed by atoms with Gasteiger partial charge in [0.25, 0.3) is 15.6 Å². The highest BCUT2D eigenvalue weighted by Crippen LogP contribution is 2.29. The van der Waals surface area contributed by atoms with Gasteiger partial charge in [0.15, 0.2) is 0 Å². The van der Waals surface area contributed by atoms with Crippen LogP contribution in [0.25, 0.3) is 21.8 Å². The number of aromatic carboxylic acids is 1. The van der Waals surface area contributed by atoms with Gasteiger partial charge < -0.3 is 15.1 Å². The highest BCUT2D eigenvalue weighted by Gasteiger charge is 2.26. The van der Waals surface area contributed by atoms with Crippen LogP contribution in [-0.4, -0.2) is 36.6 Å². The fraction of sp³-hybridized carbons (Fsp3) is 0.0526. The van der Waals surface area contributed by atoms with Crippen molar-refractivity contribution in [3.63, 3.8) is 0 Å². The summed E-state index contributed by atoms with van der Waals surface area (Å²) in [4.78, 5) is 34.0. The van der Waals surface area contributed by atoms with Crippen LogP contribution in [0.1, 0.15) is 10.4 Å². The highest BCUT2D eigenvalue weighted by molar-refractivity contribution is 7.92. The third-order valence-corrected chi connectivity index (χ3v) is 6.14. The van der Waals surface area contributed by atoms with Crippen molar-refractivity contribution in [3.8, 4) is 0 Å². The zero-order chi connectivity index (χ0) is 20.8. The molecular weight excluding hydrogens is 398 g/mol. The van der Waals surface area contributed by atoms with E-state index in [0.717, 1.165) is 4.47 Å². The van der Waals surface area contributed by atoms with Gasteiger partial charge in [-0.05, 0) is 30.3 Å². The molecular formula is C19H15N3O6S. The summed E-state index contributed by atoms with van der Waals surface area (Å²) in [6.45, 7) is 0. The minimum Gasteiger partial charge on any atom is -0.478 e. The number of sulfonamides is 1. The van der Waals surface area contributed by atoms with Crippen molar-refractivity contribution in [2.24, 2.45) is 0 Å². The lowest BCUT2D eigenvalue weighted by Crippen LogP contribution is -2.29. The van der Waals surface area contributed by atoms with Gasteiger partial charge in [-0.15, -0.1) is 4.47 Å². The molecule has 9 nitrogen and oxygen atoms in total. The van der Waals surface area contributed by atoms with Crippen LogP contribution in [0, 0.1) is 0 Å². The van der Waals surface area contributed by atoms with Crippen molar-refractivity contribution in [3.05, 3.63) is 70.6 Å². The number of carbonyl (C=O) groups is 1. The summed E-state index contributed by atoms with van der Waals surface area (Å²) >= 11 is 0. The smallest absolute Gasteiger partial charge is 0.337 e. The van der Waals surface area contributed by atoms with Crippen molar-refractivity contribution < 1.29 is 23.2 Å². The molecule has 0 saturated heterocycles. The summed E-state index contributed by atoms with van der Waals surface area (Å²) in [7, 11) is -2.90. The summed E-state index contributed by atoms with van der Waals surface area (Å²) in [5, 5.41) is 9.86. The van der Waals surface area contributed by atoms with E-state index >= 15 is 0 Å². The van der Waals surface area contributed by atoms with Gasteiger partial charge in [-0.1, -0.05) is 18.2 Å². The molecule has 0 radical (unpaired) electrons. The predicted octanol–water partition coefficient (Wildman–Crippen LogP) is 2.46. The van der Waals surface area contributed by atoms with Gasteiger partial charge >= 0.3 is 5.97 Å². The normalized spacial score (nSPS) is 11.8. The highest BCUT2D eigenvalue weighted by atomic mass is 32.2. The SMILES string of the molecule is CON(c1ccccc1)S(=O)(=O)c1ccc2[nH]c(=O)c3[nH]cc(C(=O)O)c3c2c1. The minimum absolute atomic E-state index is 0.0519. The van der Waals surface area contributed by atoms with E-state index < -0.39 is 21.6 Å². The van der Waals surface area contributed by atoms with E-state index in [9.17, 15) is 23.1 Å². The van der Waals surface area contributed by atoms with Crippen molar-refractivity contribution in [1.82, 2.24) is 9.97 Å². The molecule has 148 valence electrons. The lowest BCUT2D eigenvalue weighted by atomic mass is 10.1. The van der Waals surface area contributed by atoms with Gasteiger partial charge in [0, 0.05) is 22.5 Å². The standard InChI is InChI=1S/C19H15N3O6S/c1-28-22(11-5-3-2-4-6-11)29(26,27)12-7-8-15-13(9-12)16-14(19(24)25)10-20-17(16)18(23)21-15/h2-10,20H,1H3,(H,21,23)(H,24,25). The number of H-pyrrole nitrogens is 2. The lowest BCUT2D eigenvalue weighted by molar-refractivity contribution is 0.0699. The number of anilines is 1. The van der Waals surface area contributed by atoms with E-state index in [0.29, 0.717) is 11.2 Å². The summed E-state index contributed by atoms with van der Waals surface area (Å²) in [6.07, 6.45) is 1.20. The Morgan fingerprint density at radius 3 is 2.52 bits per heavy atom. The first-order valence-corrected chi connectivity index (χ1v) is 9.83. The molecule has 0 amide bonds. The monoisotopic (exact) mass is 413 g/mol. The number of hydrogen-bond acceptors (Lipinski definition) is 5. The quantitative estimate of drug-likeness (QED) is 0.431. The van der Waals surface area contributed by atoms with Crippen molar-refractivity contribution >= 4 is 43.5 Å². The molecule has 0 saturated carbocycles. The number of benzene rings is 2. The van der Waals surface area contributed by atoms with Crippen molar-refractivity contribution in [2.75, 3.05) is 11.6 Å². The summed E-state index contributed by atoms with van der Waals surface area (Å²) in [6, 6.07) is 12.3. The second-order valence-electron chi connectivity index (χ2n) is 6.17. The molecule has 0 aliphatic rings. The van der Waals surface area contributed by atoms with E-state index in [2.05, 4.69) is 9.97 Å². The largest absolute Gasteiger partial charge is 0.478 e. The molecule has 0 aliphatic carbocycles. The number of aromatic nitrogens is 2. The summed E-state index contributed by atoms with van der Waals surface area (Å²) < 4.78 is 27.1. The third kappa shape index (κ3) is 2.94. The maximum atomic E-state index is 13.2. The van der Waals surface area contributed by atoms with Gasteiger partial charge in [-0.3, -0.25) is 9.63 Å². The lowest BCUT2D eigenvalue weighted by Gasteiger charge is -2.21. The van der Waals surface area contributed by atoms with Crippen LogP contribution >= 0.6 is 0 Å². The Kier molecular flexibility index (Phi) is 4.36. The van der Waals surface area contributed by atoms with Crippen LogP contribution in [-0.2, 0) is 14.9 Å². The zero-order valence-corrected chi connectivity index (χ0v) is 15.9. The second-order valence-corrected chi connectivity index (χ2v) is 7.92. The molecule has 0 aliphatic heterocycles. The van der Waals surface area contributed by atoms with Crippen molar-refractivity contribution in [1.29, 1.82) is 0 Å². The fourth-order valence-corrected chi connectivity index (χ4v) is 4.52. The molecule has 3 N–H and O–H groups in total. The van der Waals surface area contributed by atoms with E-state index in [1.54, 1.807) is 30.3 Å². The number of fused-ring (bicyclic) bond motifs is 3. The molecule has 10 heteroatoms. The van der Waals surface area contributed by atoms with Crippen LogP contribution in [0.15, 0.2) is 64.4 Å².